The summed E-state index contributed by atoms with van der Waals surface area (Å²) in [7, 11) is 0. The van der Waals surface area contributed by atoms with E-state index in [2.05, 4.69) is 36.5 Å². The summed E-state index contributed by atoms with van der Waals surface area (Å²) in [4.78, 5) is 24.7. The minimum absolute atomic E-state index is 0.350. The van der Waals surface area contributed by atoms with Gasteiger partial charge in [0, 0.05) is 17.1 Å². The molecule has 0 saturated heterocycles. The van der Waals surface area contributed by atoms with E-state index < -0.39 is 5.97 Å². The molecule has 2 aromatic carbocycles. The Morgan fingerprint density at radius 2 is 2.03 bits per heavy atom. The maximum Gasteiger partial charge on any atom is 0.306 e. The van der Waals surface area contributed by atoms with E-state index >= 15 is 0 Å². The van der Waals surface area contributed by atoms with E-state index in [1.165, 1.54) is 6.33 Å². The summed E-state index contributed by atoms with van der Waals surface area (Å²) in [5.74, 6) is 0.687. The van der Waals surface area contributed by atoms with Gasteiger partial charge < -0.3 is 15.2 Å². The van der Waals surface area contributed by atoms with Crippen LogP contribution in [0, 0.1) is 12.8 Å². The lowest BCUT2D eigenvalue weighted by Crippen LogP contribution is -2.16. The third-order valence-corrected chi connectivity index (χ3v) is 6.54. The van der Waals surface area contributed by atoms with Gasteiger partial charge in [0.1, 0.15) is 30.5 Å². The molecule has 37 heavy (non-hydrogen) atoms. The Morgan fingerprint density at radius 3 is 2.89 bits per heavy atom. The van der Waals surface area contributed by atoms with Crippen LogP contribution in [0.2, 0.25) is 0 Å². The second-order valence-electron chi connectivity index (χ2n) is 9.03. The molecule has 3 aromatic heterocycles. The first-order chi connectivity index (χ1) is 18.0. The lowest BCUT2D eigenvalue weighted by molar-refractivity contribution is -0.141. The number of ether oxygens (including phenoxy) is 1. The summed E-state index contributed by atoms with van der Waals surface area (Å²) < 4.78 is 7.68. The summed E-state index contributed by atoms with van der Waals surface area (Å²) in [6.45, 7) is 1.96. The average Bonchev–Trinajstić information content (AvgIpc) is 3.38. The van der Waals surface area contributed by atoms with E-state index in [4.69, 9.17) is 4.74 Å². The van der Waals surface area contributed by atoms with Gasteiger partial charge in [-0.2, -0.15) is 0 Å². The Morgan fingerprint density at radius 1 is 1.11 bits per heavy atom. The van der Waals surface area contributed by atoms with Crippen molar-refractivity contribution in [3.8, 4) is 11.6 Å². The van der Waals surface area contributed by atoms with E-state index in [0.29, 0.717) is 35.9 Å². The van der Waals surface area contributed by atoms with Crippen molar-refractivity contribution in [2.45, 2.75) is 26.2 Å². The molecule has 184 valence electrons. The van der Waals surface area contributed by atoms with Crippen molar-refractivity contribution in [2.75, 3.05) is 5.32 Å². The van der Waals surface area contributed by atoms with Gasteiger partial charge in [0.05, 0.1) is 11.4 Å². The molecule has 10 nitrogen and oxygen atoms in total. The van der Waals surface area contributed by atoms with Crippen LogP contribution in [0.5, 0.6) is 11.6 Å². The van der Waals surface area contributed by atoms with Gasteiger partial charge in [-0.15, -0.1) is 10.2 Å². The van der Waals surface area contributed by atoms with Crippen LogP contribution < -0.4 is 10.1 Å². The summed E-state index contributed by atoms with van der Waals surface area (Å²) in [5, 5.41) is 21.6. The van der Waals surface area contributed by atoms with Gasteiger partial charge in [-0.1, -0.05) is 12.1 Å². The number of nitrogens with zero attached hydrogens (tertiary/aromatic N) is 6. The molecule has 6 rings (SSSR count). The molecule has 0 aliphatic heterocycles. The SMILES string of the molecule is Cc1cc(Nc2ncnc3ccc(C4=CCCC(C(=O)O)C4)cc23)ccc1Oc1cc2nncn2cn1. The highest BCUT2D eigenvalue weighted by Gasteiger charge is 2.23. The smallest absolute Gasteiger partial charge is 0.306 e. The predicted molar refractivity (Wildman–Crippen MR) is 138 cm³/mol. The number of hydrogen-bond acceptors (Lipinski definition) is 8. The fourth-order valence-electron chi connectivity index (χ4n) is 4.57. The molecule has 1 unspecified atom stereocenters. The Kier molecular flexibility index (Phi) is 5.68. The van der Waals surface area contributed by atoms with Gasteiger partial charge in [-0.25, -0.2) is 15.0 Å². The lowest BCUT2D eigenvalue weighted by Gasteiger charge is -2.20. The van der Waals surface area contributed by atoms with Crippen LogP contribution in [0.1, 0.15) is 30.4 Å². The summed E-state index contributed by atoms with van der Waals surface area (Å²) >= 11 is 0. The van der Waals surface area contributed by atoms with Crippen LogP contribution in [0.25, 0.3) is 22.1 Å². The summed E-state index contributed by atoms with van der Waals surface area (Å²) in [6.07, 6.45) is 8.81. The molecule has 1 atom stereocenters. The molecule has 0 saturated carbocycles. The van der Waals surface area contributed by atoms with Gasteiger partial charge in [-0.05, 0) is 73.2 Å². The molecule has 5 aromatic rings. The van der Waals surface area contributed by atoms with Gasteiger partial charge in [0.2, 0.25) is 5.88 Å². The minimum atomic E-state index is -0.741. The van der Waals surface area contributed by atoms with Crippen molar-refractivity contribution in [2.24, 2.45) is 5.92 Å². The van der Waals surface area contributed by atoms with Crippen LogP contribution in [0.3, 0.4) is 0 Å². The highest BCUT2D eigenvalue weighted by Crippen LogP contribution is 2.34. The molecule has 0 fully saturated rings. The Bertz CT molecular complexity index is 1680. The maximum absolute atomic E-state index is 11.5. The van der Waals surface area contributed by atoms with Crippen molar-refractivity contribution >= 4 is 39.6 Å². The van der Waals surface area contributed by atoms with E-state index in [9.17, 15) is 9.90 Å². The second-order valence-corrected chi connectivity index (χ2v) is 9.03. The molecular formula is C27H23N7O3. The van der Waals surface area contributed by atoms with Crippen molar-refractivity contribution in [3.05, 3.63) is 78.6 Å². The first-order valence-electron chi connectivity index (χ1n) is 11.9. The number of carbonyl (C=O) groups is 1. The zero-order chi connectivity index (χ0) is 25.4. The van der Waals surface area contributed by atoms with Crippen molar-refractivity contribution in [1.82, 2.24) is 29.5 Å². The van der Waals surface area contributed by atoms with E-state index in [1.807, 2.05) is 43.3 Å². The fraction of sp³-hybridized carbons (Fsp3) is 0.185. The van der Waals surface area contributed by atoms with Crippen molar-refractivity contribution < 1.29 is 14.6 Å². The van der Waals surface area contributed by atoms with Crippen molar-refractivity contribution in [3.63, 3.8) is 0 Å². The molecule has 3 heterocycles. The highest BCUT2D eigenvalue weighted by molar-refractivity contribution is 5.93. The fourth-order valence-corrected chi connectivity index (χ4v) is 4.57. The zero-order valence-corrected chi connectivity index (χ0v) is 20.0. The third kappa shape index (κ3) is 4.56. The van der Waals surface area contributed by atoms with Gasteiger partial charge in [0.25, 0.3) is 0 Å². The standard InChI is InChI=1S/C27H23N7O3/c1-16-9-20(6-8-23(16)37-25-12-24-33-31-15-34(24)14-30-25)32-26-21-11-18(5-7-22(21)28-13-29-26)17-3-2-4-19(10-17)27(35)36/h3,5-9,11-15,19H,2,4,10H2,1H3,(H,35,36)(H,28,29,32). The molecule has 10 heteroatoms. The van der Waals surface area contributed by atoms with Crippen molar-refractivity contribution in [1.29, 1.82) is 0 Å². The van der Waals surface area contributed by atoms with E-state index in [-0.39, 0.29) is 5.92 Å². The summed E-state index contributed by atoms with van der Waals surface area (Å²) in [5.41, 5.74) is 5.26. The average molecular weight is 494 g/mol. The Labute approximate surface area is 211 Å². The number of anilines is 2. The highest BCUT2D eigenvalue weighted by atomic mass is 16.5. The predicted octanol–water partition coefficient (Wildman–Crippen LogP) is 5.18. The molecule has 0 bridgehead atoms. The molecule has 0 spiro atoms. The van der Waals surface area contributed by atoms with Crippen LogP contribution in [-0.4, -0.2) is 40.6 Å². The van der Waals surface area contributed by atoms with Crippen LogP contribution >= 0.6 is 0 Å². The number of aryl methyl sites for hydroxylation is 1. The van der Waals surface area contributed by atoms with Gasteiger partial charge in [0.15, 0.2) is 5.65 Å². The van der Waals surface area contributed by atoms with E-state index in [1.54, 1.807) is 23.1 Å². The largest absolute Gasteiger partial charge is 0.481 e. The first-order valence-corrected chi connectivity index (χ1v) is 11.9. The molecule has 1 aliphatic carbocycles. The zero-order valence-electron chi connectivity index (χ0n) is 20.0. The number of benzene rings is 2. The minimum Gasteiger partial charge on any atom is -0.481 e. The number of rotatable bonds is 6. The molecule has 0 amide bonds. The number of hydrogen-bond donors (Lipinski definition) is 2. The Balaban J connectivity index is 1.25. The van der Waals surface area contributed by atoms with Gasteiger partial charge in [-0.3, -0.25) is 9.20 Å². The Hall–Kier alpha value is -4.86. The third-order valence-electron chi connectivity index (χ3n) is 6.54. The number of allylic oxidation sites excluding steroid dienone is 2. The second kappa shape index (κ2) is 9.30. The number of nitrogens with one attached hydrogen (secondary N) is 1. The topological polar surface area (TPSA) is 127 Å². The van der Waals surface area contributed by atoms with E-state index in [0.717, 1.165) is 39.7 Å². The monoisotopic (exact) mass is 493 g/mol. The number of carboxylic acid groups (broad SMARTS) is 1. The summed E-state index contributed by atoms with van der Waals surface area (Å²) in [6, 6.07) is 13.5. The van der Waals surface area contributed by atoms with Crippen LogP contribution in [-0.2, 0) is 4.79 Å². The normalized spacial score (nSPS) is 15.5. The molecule has 2 N–H and O–H groups in total. The van der Waals surface area contributed by atoms with Crippen LogP contribution in [0.15, 0.2) is 67.5 Å². The number of fused-ring (bicyclic) bond motifs is 2. The molecular weight excluding hydrogens is 470 g/mol. The number of aromatic nitrogens is 6. The lowest BCUT2D eigenvalue weighted by atomic mass is 9.85. The van der Waals surface area contributed by atoms with Gasteiger partial charge >= 0.3 is 5.97 Å². The number of carboxylic acids is 1. The maximum atomic E-state index is 11.5. The molecule has 1 aliphatic rings. The quantitative estimate of drug-likeness (QED) is 0.329. The molecule has 0 radical (unpaired) electrons. The number of aliphatic carboxylic acids is 1. The van der Waals surface area contributed by atoms with Crippen LogP contribution in [0.4, 0.5) is 11.5 Å². The first kappa shape index (κ1) is 22.6.